The summed E-state index contributed by atoms with van der Waals surface area (Å²) in [6, 6.07) is 5.63. The second-order valence-electron chi connectivity index (χ2n) is 3.84. The number of nitrogens with zero attached hydrogens (tertiary/aromatic N) is 1. The zero-order valence-electron chi connectivity index (χ0n) is 10.1. The number of hydrazone groups is 1. The summed E-state index contributed by atoms with van der Waals surface area (Å²) < 4.78 is 0. The third kappa shape index (κ3) is 3.50. The lowest BCUT2D eigenvalue weighted by Gasteiger charge is -2.03. The Balaban J connectivity index is 2.63. The highest BCUT2D eigenvalue weighted by molar-refractivity contribution is 5.94. The third-order valence-corrected chi connectivity index (χ3v) is 2.44. The second kappa shape index (κ2) is 6.05. The first-order valence-corrected chi connectivity index (χ1v) is 5.54. The Morgan fingerprint density at radius 3 is 2.75 bits per heavy atom. The summed E-state index contributed by atoms with van der Waals surface area (Å²) in [4.78, 5) is 11.6. The fraction of sp³-hybridized carbons (Fsp3) is 0.385. The molecule has 16 heavy (non-hydrogen) atoms. The molecule has 3 nitrogen and oxygen atoms in total. The minimum Gasteiger partial charge on any atom is -0.267 e. The van der Waals surface area contributed by atoms with Gasteiger partial charge in [0.1, 0.15) is 0 Å². The van der Waals surface area contributed by atoms with Crippen molar-refractivity contribution >= 4 is 12.1 Å². The van der Waals surface area contributed by atoms with Gasteiger partial charge in [-0.25, -0.2) is 5.43 Å². The molecule has 1 rings (SSSR count). The number of hydrogen-bond donors (Lipinski definition) is 1. The lowest BCUT2D eigenvalue weighted by molar-refractivity contribution is 0.0955. The molecule has 0 fully saturated rings. The van der Waals surface area contributed by atoms with E-state index in [1.165, 1.54) is 5.56 Å². The van der Waals surface area contributed by atoms with E-state index in [1.807, 2.05) is 32.0 Å². The molecule has 0 atom stereocenters. The summed E-state index contributed by atoms with van der Waals surface area (Å²) in [7, 11) is 0. The highest BCUT2D eigenvalue weighted by atomic mass is 16.2. The van der Waals surface area contributed by atoms with Crippen molar-refractivity contribution in [2.75, 3.05) is 0 Å². The summed E-state index contributed by atoms with van der Waals surface area (Å²) in [6.45, 7) is 6.08. The van der Waals surface area contributed by atoms with Gasteiger partial charge in [0.05, 0.1) is 0 Å². The van der Waals surface area contributed by atoms with Crippen molar-refractivity contribution in [2.24, 2.45) is 5.10 Å². The number of aryl methyl sites for hydroxylation is 2. The number of nitrogens with one attached hydrogen (secondary N) is 1. The average molecular weight is 218 g/mol. The van der Waals surface area contributed by atoms with E-state index in [2.05, 4.69) is 17.5 Å². The summed E-state index contributed by atoms with van der Waals surface area (Å²) in [5.41, 5.74) is 5.46. The van der Waals surface area contributed by atoms with E-state index in [0.29, 0.717) is 5.56 Å². The fourth-order valence-electron chi connectivity index (χ4n) is 1.25. The summed E-state index contributed by atoms with van der Waals surface area (Å²) in [6.07, 6.45) is 3.63. The zero-order valence-corrected chi connectivity index (χ0v) is 10.1. The van der Waals surface area contributed by atoms with Gasteiger partial charge in [-0.15, -0.1) is 0 Å². The number of unbranched alkanes of at least 4 members (excludes halogenated alkanes) is 1. The van der Waals surface area contributed by atoms with Crippen LogP contribution in [0.25, 0.3) is 0 Å². The number of carbonyl (C=O) groups excluding carboxylic acids is 1. The predicted octanol–water partition coefficient (Wildman–Crippen LogP) is 2.82. The van der Waals surface area contributed by atoms with Crippen molar-refractivity contribution in [3.63, 3.8) is 0 Å². The second-order valence-corrected chi connectivity index (χ2v) is 3.84. The minimum atomic E-state index is -0.157. The molecule has 1 aromatic carbocycles. The van der Waals surface area contributed by atoms with Crippen molar-refractivity contribution in [3.8, 4) is 0 Å². The van der Waals surface area contributed by atoms with Crippen LogP contribution in [0.4, 0.5) is 0 Å². The highest BCUT2D eigenvalue weighted by Crippen LogP contribution is 2.09. The van der Waals surface area contributed by atoms with E-state index in [9.17, 15) is 4.79 Å². The molecule has 0 unspecified atom stereocenters. The summed E-state index contributed by atoms with van der Waals surface area (Å²) in [5.74, 6) is -0.157. The van der Waals surface area contributed by atoms with Crippen molar-refractivity contribution in [1.29, 1.82) is 0 Å². The maximum absolute atomic E-state index is 11.6. The van der Waals surface area contributed by atoms with Gasteiger partial charge in [0.15, 0.2) is 0 Å². The van der Waals surface area contributed by atoms with Crippen LogP contribution < -0.4 is 5.43 Å². The van der Waals surface area contributed by atoms with Crippen LogP contribution in [0.15, 0.2) is 23.3 Å². The molecule has 0 saturated heterocycles. The average Bonchev–Trinajstić information content (AvgIpc) is 2.28. The van der Waals surface area contributed by atoms with E-state index in [1.54, 1.807) is 6.21 Å². The number of hydrogen-bond acceptors (Lipinski definition) is 2. The molecule has 0 bridgehead atoms. The molecule has 1 N–H and O–H groups in total. The maximum atomic E-state index is 11.6. The van der Waals surface area contributed by atoms with Gasteiger partial charge in [-0.1, -0.05) is 19.4 Å². The van der Waals surface area contributed by atoms with Gasteiger partial charge in [0.25, 0.3) is 5.91 Å². The predicted molar refractivity (Wildman–Crippen MR) is 66.8 cm³/mol. The SMILES string of the molecule is CCCC=NNC(=O)c1ccc(C)c(C)c1. The largest absolute Gasteiger partial charge is 0.271 e. The molecule has 1 aromatic rings. The van der Waals surface area contributed by atoms with E-state index in [4.69, 9.17) is 0 Å². The topological polar surface area (TPSA) is 41.5 Å². The Morgan fingerprint density at radius 2 is 2.12 bits per heavy atom. The first kappa shape index (κ1) is 12.4. The zero-order chi connectivity index (χ0) is 12.0. The number of amides is 1. The van der Waals surface area contributed by atoms with Gasteiger partial charge < -0.3 is 0 Å². The maximum Gasteiger partial charge on any atom is 0.271 e. The number of benzene rings is 1. The Kier molecular flexibility index (Phi) is 4.70. The van der Waals surface area contributed by atoms with Crippen LogP contribution in [0.5, 0.6) is 0 Å². The van der Waals surface area contributed by atoms with Crippen molar-refractivity contribution in [1.82, 2.24) is 5.43 Å². The van der Waals surface area contributed by atoms with Crippen molar-refractivity contribution in [2.45, 2.75) is 33.6 Å². The summed E-state index contributed by atoms with van der Waals surface area (Å²) in [5, 5.41) is 3.86. The van der Waals surface area contributed by atoms with Crippen LogP contribution in [0.1, 0.15) is 41.3 Å². The van der Waals surface area contributed by atoms with Gasteiger partial charge in [-0.05, 0) is 43.5 Å². The Hall–Kier alpha value is -1.64. The smallest absolute Gasteiger partial charge is 0.267 e. The van der Waals surface area contributed by atoms with E-state index in [0.717, 1.165) is 18.4 Å². The Morgan fingerprint density at radius 1 is 1.38 bits per heavy atom. The first-order valence-electron chi connectivity index (χ1n) is 5.54. The molecule has 0 spiro atoms. The molecule has 1 amide bonds. The van der Waals surface area contributed by atoms with Crippen LogP contribution in [0.2, 0.25) is 0 Å². The normalized spacial score (nSPS) is 10.7. The van der Waals surface area contributed by atoms with Crippen molar-refractivity contribution < 1.29 is 4.79 Å². The van der Waals surface area contributed by atoms with E-state index < -0.39 is 0 Å². The fourth-order valence-corrected chi connectivity index (χ4v) is 1.25. The van der Waals surface area contributed by atoms with Crippen LogP contribution >= 0.6 is 0 Å². The molecule has 0 aromatic heterocycles. The molecule has 0 radical (unpaired) electrons. The van der Waals surface area contributed by atoms with Crippen LogP contribution in [0, 0.1) is 13.8 Å². The Bertz CT molecular complexity index is 397. The molecule has 3 heteroatoms. The third-order valence-electron chi connectivity index (χ3n) is 2.44. The van der Waals surface area contributed by atoms with E-state index in [-0.39, 0.29) is 5.91 Å². The quantitative estimate of drug-likeness (QED) is 0.612. The monoisotopic (exact) mass is 218 g/mol. The first-order chi connectivity index (χ1) is 7.65. The van der Waals surface area contributed by atoms with Crippen LogP contribution in [0.3, 0.4) is 0 Å². The number of carbonyl (C=O) groups is 1. The number of rotatable bonds is 4. The molecule has 0 aliphatic rings. The van der Waals surface area contributed by atoms with Crippen LogP contribution in [-0.4, -0.2) is 12.1 Å². The molecule has 0 aliphatic carbocycles. The highest BCUT2D eigenvalue weighted by Gasteiger charge is 2.04. The van der Waals surface area contributed by atoms with Gasteiger partial charge in [0.2, 0.25) is 0 Å². The van der Waals surface area contributed by atoms with Crippen LogP contribution in [-0.2, 0) is 0 Å². The van der Waals surface area contributed by atoms with E-state index >= 15 is 0 Å². The lowest BCUT2D eigenvalue weighted by atomic mass is 10.1. The lowest BCUT2D eigenvalue weighted by Crippen LogP contribution is -2.17. The van der Waals surface area contributed by atoms with Gasteiger partial charge in [-0.3, -0.25) is 4.79 Å². The van der Waals surface area contributed by atoms with Crippen molar-refractivity contribution in [3.05, 3.63) is 34.9 Å². The molecule has 0 aliphatic heterocycles. The van der Waals surface area contributed by atoms with Gasteiger partial charge >= 0.3 is 0 Å². The minimum absolute atomic E-state index is 0.157. The molecule has 0 saturated carbocycles. The van der Waals surface area contributed by atoms with Gasteiger partial charge in [0, 0.05) is 11.8 Å². The standard InChI is InChI=1S/C13H18N2O/c1-4-5-8-14-15-13(16)12-7-6-10(2)11(3)9-12/h6-9H,4-5H2,1-3H3,(H,15,16). The Labute approximate surface area is 96.6 Å². The molecular weight excluding hydrogens is 200 g/mol. The van der Waals surface area contributed by atoms with Gasteiger partial charge in [-0.2, -0.15) is 5.10 Å². The molecular formula is C13H18N2O. The summed E-state index contributed by atoms with van der Waals surface area (Å²) >= 11 is 0. The molecule has 0 heterocycles. The molecule has 86 valence electrons.